The molecule has 0 bridgehead atoms. The predicted octanol–water partition coefficient (Wildman–Crippen LogP) is 7.06. The fraction of sp³-hybridized carbons (Fsp3) is 0.130. The zero-order chi connectivity index (χ0) is 20.4. The van der Waals surface area contributed by atoms with Crippen LogP contribution < -0.4 is 4.74 Å². The average molecular weight is 416 g/mol. The van der Waals surface area contributed by atoms with E-state index in [1.807, 2.05) is 18.2 Å². The van der Waals surface area contributed by atoms with E-state index in [4.69, 9.17) is 16.3 Å². The molecule has 0 aliphatic heterocycles. The van der Waals surface area contributed by atoms with E-state index in [1.54, 1.807) is 60.7 Å². The molecule has 0 N–H and O–H groups in total. The van der Waals surface area contributed by atoms with Crippen LogP contribution in [0.2, 0.25) is 5.02 Å². The number of fused-ring (bicyclic) bond motifs is 1. The molecule has 6 heteroatoms. The highest BCUT2D eigenvalue weighted by Gasteiger charge is 2.39. The van der Waals surface area contributed by atoms with Crippen LogP contribution in [0.15, 0.2) is 78.9 Å². The molecule has 4 rings (SSSR count). The van der Waals surface area contributed by atoms with Crippen LogP contribution in [0.1, 0.15) is 5.69 Å². The van der Waals surface area contributed by atoms with Crippen molar-refractivity contribution in [3.05, 3.63) is 89.6 Å². The summed E-state index contributed by atoms with van der Waals surface area (Å²) >= 11 is 6.12. The van der Waals surface area contributed by atoms with Crippen LogP contribution in [-0.2, 0) is 12.7 Å². The van der Waals surface area contributed by atoms with E-state index in [0.29, 0.717) is 27.2 Å². The molecule has 0 spiro atoms. The van der Waals surface area contributed by atoms with Gasteiger partial charge in [0.1, 0.15) is 18.1 Å². The molecule has 3 aromatic carbocycles. The largest absolute Gasteiger partial charge is 0.492 e. The Bertz CT molecular complexity index is 1120. The maximum atomic E-state index is 14.2. The van der Waals surface area contributed by atoms with E-state index >= 15 is 0 Å². The lowest BCUT2D eigenvalue weighted by Crippen LogP contribution is -2.18. The smallest absolute Gasteiger partial charge is 0.432 e. The number of aromatic nitrogens is 1. The molecule has 148 valence electrons. The molecule has 0 aliphatic rings. The number of benzene rings is 3. The van der Waals surface area contributed by atoms with Gasteiger partial charge in [0, 0.05) is 21.5 Å². The third-order valence-corrected chi connectivity index (χ3v) is 4.92. The summed E-state index contributed by atoms with van der Waals surface area (Å²) in [5, 5.41) is 0.858. The molecule has 0 saturated carbocycles. The molecule has 4 aromatic rings. The molecule has 0 atom stereocenters. The highest BCUT2D eigenvalue weighted by atomic mass is 35.5. The van der Waals surface area contributed by atoms with Crippen molar-refractivity contribution in [2.45, 2.75) is 12.7 Å². The van der Waals surface area contributed by atoms with Gasteiger partial charge in [-0.15, -0.1) is 0 Å². The Morgan fingerprint density at radius 2 is 1.52 bits per heavy atom. The molecule has 0 aliphatic carbocycles. The number of ether oxygens (including phenoxy) is 1. The third-order valence-electron chi connectivity index (χ3n) is 4.68. The van der Waals surface area contributed by atoms with E-state index in [1.165, 1.54) is 4.57 Å². The number of hydrogen-bond acceptors (Lipinski definition) is 1. The summed E-state index contributed by atoms with van der Waals surface area (Å²) < 4.78 is 49.5. The van der Waals surface area contributed by atoms with E-state index in [0.717, 1.165) is 0 Å². The fourth-order valence-corrected chi connectivity index (χ4v) is 3.69. The van der Waals surface area contributed by atoms with Crippen LogP contribution in [-0.4, -0.2) is 11.2 Å². The summed E-state index contributed by atoms with van der Waals surface area (Å²) in [6.07, 6.45) is -4.54. The SMILES string of the molecule is FC(F)(F)c1c(-c2ccccc2)c2cc(Cl)ccc2n1CCOc1ccccc1. The Morgan fingerprint density at radius 3 is 2.17 bits per heavy atom. The monoisotopic (exact) mass is 415 g/mol. The summed E-state index contributed by atoms with van der Waals surface area (Å²) in [4.78, 5) is 0. The molecular weight excluding hydrogens is 399 g/mol. The first-order valence-electron chi connectivity index (χ1n) is 9.07. The molecule has 29 heavy (non-hydrogen) atoms. The number of para-hydroxylation sites is 1. The van der Waals surface area contributed by atoms with E-state index in [-0.39, 0.29) is 18.7 Å². The summed E-state index contributed by atoms with van der Waals surface area (Å²) in [6, 6.07) is 22.4. The summed E-state index contributed by atoms with van der Waals surface area (Å²) in [7, 11) is 0. The van der Waals surface area contributed by atoms with Crippen molar-refractivity contribution in [2.75, 3.05) is 6.61 Å². The molecule has 0 unspecified atom stereocenters. The molecule has 1 aromatic heterocycles. The predicted molar refractivity (Wildman–Crippen MR) is 109 cm³/mol. The second-order valence-electron chi connectivity index (χ2n) is 6.56. The second kappa shape index (κ2) is 7.84. The number of nitrogens with zero attached hydrogens (tertiary/aromatic N) is 1. The average Bonchev–Trinajstić information content (AvgIpc) is 3.03. The first kappa shape index (κ1) is 19.4. The van der Waals surface area contributed by atoms with Gasteiger partial charge < -0.3 is 9.30 Å². The van der Waals surface area contributed by atoms with Crippen LogP contribution in [0.3, 0.4) is 0 Å². The van der Waals surface area contributed by atoms with Gasteiger partial charge in [-0.2, -0.15) is 13.2 Å². The van der Waals surface area contributed by atoms with Crippen molar-refractivity contribution >= 4 is 22.5 Å². The Labute approximate surface area is 171 Å². The van der Waals surface area contributed by atoms with E-state index in [9.17, 15) is 13.2 Å². The number of alkyl halides is 3. The number of rotatable bonds is 5. The Balaban J connectivity index is 1.84. The van der Waals surface area contributed by atoms with Crippen molar-refractivity contribution in [3.63, 3.8) is 0 Å². The standard InChI is InChI=1S/C23H17ClF3NO/c24-17-11-12-20-19(15-17)21(16-7-3-1-4-8-16)22(23(25,26)27)28(20)13-14-29-18-9-5-2-6-10-18/h1-12,15H,13-14H2. The molecule has 0 amide bonds. The van der Waals surface area contributed by atoms with E-state index < -0.39 is 11.9 Å². The van der Waals surface area contributed by atoms with Crippen molar-refractivity contribution < 1.29 is 17.9 Å². The summed E-state index contributed by atoms with van der Waals surface area (Å²) in [6.45, 7) is 0.155. The highest BCUT2D eigenvalue weighted by Crippen LogP contribution is 2.44. The van der Waals surface area contributed by atoms with Gasteiger partial charge >= 0.3 is 6.18 Å². The van der Waals surface area contributed by atoms with Gasteiger partial charge in [-0.1, -0.05) is 60.1 Å². The van der Waals surface area contributed by atoms with E-state index in [2.05, 4.69) is 0 Å². The first-order chi connectivity index (χ1) is 13.9. The zero-order valence-electron chi connectivity index (χ0n) is 15.3. The van der Waals surface area contributed by atoms with Gasteiger partial charge in [0.05, 0.1) is 6.54 Å². The summed E-state index contributed by atoms with van der Waals surface area (Å²) in [5.74, 6) is 0.615. The lowest BCUT2D eigenvalue weighted by molar-refractivity contribution is -0.142. The number of halogens is 4. The molecule has 1 heterocycles. The van der Waals surface area contributed by atoms with Gasteiger partial charge in [-0.05, 0) is 35.9 Å². The molecular formula is C23H17ClF3NO. The Morgan fingerprint density at radius 1 is 0.862 bits per heavy atom. The van der Waals surface area contributed by atoms with Gasteiger partial charge in [0.25, 0.3) is 0 Å². The maximum absolute atomic E-state index is 14.2. The van der Waals surface area contributed by atoms with Crippen molar-refractivity contribution in [2.24, 2.45) is 0 Å². The van der Waals surface area contributed by atoms with Crippen molar-refractivity contribution in [1.82, 2.24) is 4.57 Å². The molecule has 0 radical (unpaired) electrons. The van der Waals surface area contributed by atoms with Gasteiger partial charge in [-0.25, -0.2) is 0 Å². The van der Waals surface area contributed by atoms with Gasteiger partial charge in [0.15, 0.2) is 0 Å². The fourth-order valence-electron chi connectivity index (χ4n) is 3.52. The van der Waals surface area contributed by atoms with Crippen LogP contribution >= 0.6 is 11.6 Å². The minimum atomic E-state index is -4.54. The van der Waals surface area contributed by atoms with Crippen LogP contribution in [0.4, 0.5) is 13.2 Å². The highest BCUT2D eigenvalue weighted by molar-refractivity contribution is 6.31. The van der Waals surface area contributed by atoms with Crippen molar-refractivity contribution in [1.29, 1.82) is 0 Å². The molecule has 2 nitrogen and oxygen atoms in total. The quantitative estimate of drug-likeness (QED) is 0.340. The molecule has 0 fully saturated rings. The minimum absolute atomic E-state index is 0.0503. The van der Waals surface area contributed by atoms with Gasteiger partial charge in [-0.3, -0.25) is 0 Å². The van der Waals surface area contributed by atoms with Gasteiger partial charge in [0.2, 0.25) is 0 Å². The third kappa shape index (κ3) is 3.96. The van der Waals surface area contributed by atoms with Crippen LogP contribution in [0.5, 0.6) is 5.75 Å². The van der Waals surface area contributed by atoms with Crippen LogP contribution in [0.25, 0.3) is 22.0 Å². The lowest BCUT2D eigenvalue weighted by Gasteiger charge is -2.15. The Kier molecular flexibility index (Phi) is 5.24. The zero-order valence-corrected chi connectivity index (χ0v) is 16.0. The maximum Gasteiger partial charge on any atom is 0.432 e. The number of hydrogen-bond donors (Lipinski definition) is 0. The van der Waals surface area contributed by atoms with Crippen molar-refractivity contribution in [3.8, 4) is 16.9 Å². The lowest BCUT2D eigenvalue weighted by atomic mass is 10.0. The molecule has 0 saturated heterocycles. The summed E-state index contributed by atoms with van der Waals surface area (Å²) in [5.41, 5.74) is 0.403. The minimum Gasteiger partial charge on any atom is -0.492 e. The van der Waals surface area contributed by atoms with Crippen LogP contribution in [0, 0.1) is 0 Å². The topological polar surface area (TPSA) is 14.2 Å². The normalized spacial score (nSPS) is 11.7. The first-order valence-corrected chi connectivity index (χ1v) is 9.45. The Hall–Kier alpha value is -2.92. The second-order valence-corrected chi connectivity index (χ2v) is 7.00.